The van der Waals surface area contributed by atoms with Gasteiger partial charge >= 0.3 is 0 Å². The fourth-order valence-electron chi connectivity index (χ4n) is 2.01. The number of thiophene rings is 1. The number of likely N-dealkylation sites (tertiary alicyclic amines) is 1. The molecule has 2 heterocycles. The summed E-state index contributed by atoms with van der Waals surface area (Å²) in [6, 6.07) is 1.92. The Kier molecular flexibility index (Phi) is 3.92. The predicted octanol–water partition coefficient (Wildman–Crippen LogP) is 2.81. The molecule has 1 aromatic heterocycles. The predicted molar refractivity (Wildman–Crippen MR) is 63.6 cm³/mol. The topological polar surface area (TPSA) is 20.3 Å². The standard InChI is InChI=1S/C12H17NOS/c14-12(11-5-9-15-10-11)4-8-13-6-2-1-3-7-13/h5,9-10H,1-4,6-8H2. The van der Waals surface area contributed by atoms with Crippen LogP contribution in [-0.2, 0) is 0 Å². The molecule has 2 rings (SSSR count). The van der Waals surface area contributed by atoms with Crippen molar-refractivity contribution >= 4 is 17.1 Å². The van der Waals surface area contributed by atoms with E-state index in [9.17, 15) is 4.79 Å². The van der Waals surface area contributed by atoms with Gasteiger partial charge in [0, 0.05) is 23.9 Å². The minimum absolute atomic E-state index is 0.293. The Hall–Kier alpha value is -0.670. The molecule has 0 atom stereocenters. The first-order chi connectivity index (χ1) is 7.36. The van der Waals surface area contributed by atoms with Crippen LogP contribution in [0.3, 0.4) is 0 Å². The molecule has 15 heavy (non-hydrogen) atoms. The lowest BCUT2D eigenvalue weighted by molar-refractivity contribution is 0.0959. The minimum Gasteiger partial charge on any atom is -0.303 e. The highest BCUT2D eigenvalue weighted by Crippen LogP contribution is 2.12. The number of carbonyl (C=O) groups is 1. The van der Waals surface area contributed by atoms with E-state index in [1.165, 1.54) is 32.4 Å². The lowest BCUT2D eigenvalue weighted by Gasteiger charge is -2.25. The summed E-state index contributed by atoms with van der Waals surface area (Å²) in [5, 5.41) is 3.91. The summed E-state index contributed by atoms with van der Waals surface area (Å²) < 4.78 is 0. The lowest BCUT2D eigenvalue weighted by atomic mass is 10.1. The number of rotatable bonds is 4. The van der Waals surface area contributed by atoms with Gasteiger partial charge in [-0.3, -0.25) is 4.79 Å². The Labute approximate surface area is 94.9 Å². The summed E-state index contributed by atoms with van der Waals surface area (Å²) in [4.78, 5) is 14.1. The van der Waals surface area contributed by atoms with Crippen LogP contribution >= 0.6 is 11.3 Å². The van der Waals surface area contributed by atoms with E-state index in [1.807, 2.05) is 16.8 Å². The van der Waals surface area contributed by atoms with E-state index in [-0.39, 0.29) is 0 Å². The summed E-state index contributed by atoms with van der Waals surface area (Å²) in [7, 11) is 0. The molecule has 3 heteroatoms. The highest BCUT2D eigenvalue weighted by atomic mass is 32.1. The molecule has 0 N–H and O–H groups in total. The second-order valence-electron chi connectivity index (χ2n) is 4.09. The summed E-state index contributed by atoms with van der Waals surface area (Å²) in [5.74, 6) is 0.293. The molecule has 0 spiro atoms. The van der Waals surface area contributed by atoms with Gasteiger partial charge in [0.25, 0.3) is 0 Å². The lowest BCUT2D eigenvalue weighted by Crippen LogP contribution is -2.31. The Morgan fingerprint density at radius 3 is 2.80 bits per heavy atom. The number of piperidine rings is 1. The van der Waals surface area contributed by atoms with Crippen LogP contribution in [0, 0.1) is 0 Å². The van der Waals surface area contributed by atoms with Gasteiger partial charge in [0.15, 0.2) is 5.78 Å². The highest BCUT2D eigenvalue weighted by molar-refractivity contribution is 7.08. The minimum atomic E-state index is 0.293. The SMILES string of the molecule is O=C(CCN1CCCCC1)c1ccsc1. The first-order valence-corrected chi connectivity index (χ1v) is 6.58. The molecular formula is C12H17NOS. The fraction of sp³-hybridized carbons (Fsp3) is 0.583. The fourth-order valence-corrected chi connectivity index (χ4v) is 2.67. The Balaban J connectivity index is 1.75. The molecule has 0 unspecified atom stereocenters. The van der Waals surface area contributed by atoms with Crippen LogP contribution in [0.15, 0.2) is 16.8 Å². The van der Waals surface area contributed by atoms with Crippen molar-refractivity contribution in [1.82, 2.24) is 4.90 Å². The third kappa shape index (κ3) is 3.14. The normalized spacial score (nSPS) is 17.9. The summed E-state index contributed by atoms with van der Waals surface area (Å²) in [5.41, 5.74) is 0.886. The number of nitrogens with zero attached hydrogens (tertiary/aromatic N) is 1. The maximum Gasteiger partial charge on any atom is 0.164 e. The van der Waals surface area contributed by atoms with Crippen molar-refractivity contribution in [3.05, 3.63) is 22.4 Å². The van der Waals surface area contributed by atoms with Crippen molar-refractivity contribution in [1.29, 1.82) is 0 Å². The van der Waals surface area contributed by atoms with Gasteiger partial charge in [-0.05, 0) is 37.4 Å². The van der Waals surface area contributed by atoms with Gasteiger partial charge in [-0.25, -0.2) is 0 Å². The van der Waals surface area contributed by atoms with Crippen molar-refractivity contribution in [2.45, 2.75) is 25.7 Å². The zero-order valence-electron chi connectivity index (χ0n) is 8.95. The number of carbonyl (C=O) groups excluding carboxylic acids is 1. The van der Waals surface area contributed by atoms with Crippen LogP contribution in [0.4, 0.5) is 0 Å². The molecule has 1 aromatic rings. The first kappa shape index (κ1) is 10.8. The molecule has 1 fully saturated rings. The molecule has 82 valence electrons. The molecule has 2 nitrogen and oxygen atoms in total. The van der Waals surface area contributed by atoms with Crippen LogP contribution in [0.5, 0.6) is 0 Å². The maximum atomic E-state index is 11.7. The maximum absolute atomic E-state index is 11.7. The van der Waals surface area contributed by atoms with E-state index in [2.05, 4.69) is 4.90 Å². The number of Topliss-reactive ketones (excluding diaryl/α,β-unsaturated/α-hetero) is 1. The zero-order chi connectivity index (χ0) is 10.5. The first-order valence-electron chi connectivity index (χ1n) is 5.64. The third-order valence-corrected chi connectivity index (χ3v) is 3.63. The average Bonchev–Trinajstić information content (AvgIpc) is 2.81. The second kappa shape index (κ2) is 5.42. The smallest absolute Gasteiger partial charge is 0.164 e. The van der Waals surface area contributed by atoms with Crippen LogP contribution in [0.1, 0.15) is 36.0 Å². The molecule has 0 aliphatic carbocycles. The Morgan fingerprint density at radius 1 is 1.33 bits per heavy atom. The van der Waals surface area contributed by atoms with E-state index < -0.39 is 0 Å². The molecule has 1 aliphatic heterocycles. The monoisotopic (exact) mass is 223 g/mol. The van der Waals surface area contributed by atoms with Crippen molar-refractivity contribution in [3.63, 3.8) is 0 Å². The van der Waals surface area contributed by atoms with E-state index in [4.69, 9.17) is 0 Å². The molecule has 1 aliphatic rings. The number of ketones is 1. The largest absolute Gasteiger partial charge is 0.303 e. The Morgan fingerprint density at radius 2 is 2.13 bits per heavy atom. The van der Waals surface area contributed by atoms with E-state index in [1.54, 1.807) is 11.3 Å². The van der Waals surface area contributed by atoms with Crippen LogP contribution in [-0.4, -0.2) is 30.3 Å². The number of hydrogen-bond donors (Lipinski definition) is 0. The van der Waals surface area contributed by atoms with Crippen LogP contribution in [0.2, 0.25) is 0 Å². The van der Waals surface area contributed by atoms with Gasteiger partial charge < -0.3 is 4.90 Å². The zero-order valence-corrected chi connectivity index (χ0v) is 9.76. The van der Waals surface area contributed by atoms with Crippen molar-refractivity contribution < 1.29 is 4.79 Å². The van der Waals surface area contributed by atoms with Gasteiger partial charge in [-0.15, -0.1) is 0 Å². The molecule has 0 saturated carbocycles. The van der Waals surface area contributed by atoms with Crippen molar-refractivity contribution in [2.75, 3.05) is 19.6 Å². The van der Waals surface area contributed by atoms with Gasteiger partial charge in [0.05, 0.1) is 0 Å². The van der Waals surface area contributed by atoms with E-state index in [0.29, 0.717) is 12.2 Å². The summed E-state index contributed by atoms with van der Waals surface area (Å²) in [6.45, 7) is 3.29. The van der Waals surface area contributed by atoms with Crippen LogP contribution < -0.4 is 0 Å². The van der Waals surface area contributed by atoms with Gasteiger partial charge in [-0.1, -0.05) is 6.42 Å². The molecule has 0 bridgehead atoms. The second-order valence-corrected chi connectivity index (χ2v) is 4.87. The molecule has 1 saturated heterocycles. The highest BCUT2D eigenvalue weighted by Gasteiger charge is 2.12. The summed E-state index contributed by atoms with van der Waals surface area (Å²) in [6.07, 6.45) is 4.63. The van der Waals surface area contributed by atoms with Crippen molar-refractivity contribution in [2.24, 2.45) is 0 Å². The quantitative estimate of drug-likeness (QED) is 0.732. The van der Waals surface area contributed by atoms with Gasteiger partial charge in [-0.2, -0.15) is 11.3 Å². The van der Waals surface area contributed by atoms with Gasteiger partial charge in [0.2, 0.25) is 0 Å². The molecule has 0 amide bonds. The molecular weight excluding hydrogens is 206 g/mol. The van der Waals surface area contributed by atoms with Crippen molar-refractivity contribution in [3.8, 4) is 0 Å². The molecule has 0 aromatic carbocycles. The average molecular weight is 223 g/mol. The van der Waals surface area contributed by atoms with Gasteiger partial charge in [0.1, 0.15) is 0 Å². The Bertz CT molecular complexity index is 301. The van der Waals surface area contributed by atoms with E-state index >= 15 is 0 Å². The molecule has 0 radical (unpaired) electrons. The number of hydrogen-bond acceptors (Lipinski definition) is 3. The van der Waals surface area contributed by atoms with Crippen LogP contribution in [0.25, 0.3) is 0 Å². The third-order valence-electron chi connectivity index (χ3n) is 2.95. The van der Waals surface area contributed by atoms with E-state index in [0.717, 1.165) is 12.1 Å². The summed E-state index contributed by atoms with van der Waals surface area (Å²) >= 11 is 1.59.